The molecule has 3 heterocycles. The Morgan fingerprint density at radius 1 is 1.20 bits per heavy atom. The van der Waals surface area contributed by atoms with Gasteiger partial charge in [0.1, 0.15) is 5.69 Å². The van der Waals surface area contributed by atoms with Gasteiger partial charge in [0, 0.05) is 32.8 Å². The number of rotatable bonds is 3. The van der Waals surface area contributed by atoms with E-state index in [1.54, 1.807) is 33.8 Å². The van der Waals surface area contributed by atoms with Crippen molar-refractivity contribution in [2.24, 2.45) is 13.0 Å². The molecule has 2 atom stereocenters. The van der Waals surface area contributed by atoms with Gasteiger partial charge in [-0.2, -0.15) is 5.10 Å². The summed E-state index contributed by atoms with van der Waals surface area (Å²) < 4.78 is 25.9. The lowest BCUT2D eigenvalue weighted by Gasteiger charge is -2.43. The first-order valence-electron chi connectivity index (χ1n) is 8.48. The molecule has 9 heteroatoms. The SMILES string of the molecule is CC(C)CC(=O)N1CCN(C(=O)c2ccn(C)n2)[C@H]2CS(=O)(=O)C[C@H]21. The van der Waals surface area contributed by atoms with Crippen molar-refractivity contribution >= 4 is 21.7 Å². The molecule has 2 aliphatic heterocycles. The standard InChI is InChI=1S/C16H24N4O4S/c1-11(2)8-15(21)19-6-7-20(14-10-25(23,24)9-13(14)19)16(22)12-4-5-18(3)17-12/h4-5,11,13-14H,6-10H2,1-3H3/t13-,14+/m1/s1. The highest BCUT2D eigenvalue weighted by Crippen LogP contribution is 2.29. The minimum atomic E-state index is -3.28. The first-order chi connectivity index (χ1) is 11.7. The highest BCUT2D eigenvalue weighted by molar-refractivity contribution is 7.91. The number of piperazine rings is 1. The number of amides is 2. The third-order valence-electron chi connectivity index (χ3n) is 4.77. The van der Waals surface area contributed by atoms with Crippen molar-refractivity contribution in [3.63, 3.8) is 0 Å². The lowest BCUT2D eigenvalue weighted by molar-refractivity contribution is -0.137. The van der Waals surface area contributed by atoms with Crippen LogP contribution in [0.4, 0.5) is 0 Å². The Morgan fingerprint density at radius 2 is 1.80 bits per heavy atom. The fourth-order valence-corrected chi connectivity index (χ4v) is 5.64. The maximum absolute atomic E-state index is 12.8. The zero-order valence-corrected chi connectivity index (χ0v) is 15.6. The van der Waals surface area contributed by atoms with Crippen molar-refractivity contribution in [1.29, 1.82) is 0 Å². The Kier molecular flexibility index (Phi) is 4.61. The molecule has 8 nitrogen and oxygen atoms in total. The predicted molar refractivity (Wildman–Crippen MR) is 91.6 cm³/mol. The molecule has 2 amide bonds. The summed E-state index contributed by atoms with van der Waals surface area (Å²) in [5.41, 5.74) is 0.299. The zero-order valence-electron chi connectivity index (χ0n) is 14.8. The number of hydrogen-bond acceptors (Lipinski definition) is 5. The molecule has 0 spiro atoms. The normalized spacial score (nSPS) is 25.3. The number of aromatic nitrogens is 2. The minimum absolute atomic E-state index is 0.0352. The first-order valence-corrected chi connectivity index (χ1v) is 10.3. The number of carbonyl (C=O) groups excluding carboxylic acids is 2. The van der Waals surface area contributed by atoms with E-state index in [0.717, 1.165) is 0 Å². The maximum atomic E-state index is 12.8. The maximum Gasteiger partial charge on any atom is 0.274 e. The Morgan fingerprint density at radius 3 is 2.36 bits per heavy atom. The summed E-state index contributed by atoms with van der Waals surface area (Å²) in [6.45, 7) is 4.61. The summed E-state index contributed by atoms with van der Waals surface area (Å²) in [5.74, 6) is -0.275. The van der Waals surface area contributed by atoms with Crippen LogP contribution < -0.4 is 0 Å². The molecular formula is C16H24N4O4S. The van der Waals surface area contributed by atoms with Gasteiger partial charge in [-0.05, 0) is 12.0 Å². The predicted octanol–water partition coefficient (Wildman–Crippen LogP) is -0.0838. The van der Waals surface area contributed by atoms with Gasteiger partial charge < -0.3 is 9.80 Å². The molecule has 0 aromatic carbocycles. The summed E-state index contributed by atoms with van der Waals surface area (Å²) in [5, 5.41) is 4.13. The van der Waals surface area contributed by atoms with Crippen LogP contribution in [0.5, 0.6) is 0 Å². The van der Waals surface area contributed by atoms with E-state index in [1.165, 1.54) is 0 Å². The average molecular weight is 368 g/mol. The second kappa shape index (κ2) is 6.44. The van der Waals surface area contributed by atoms with Crippen LogP contribution in [0.1, 0.15) is 30.8 Å². The molecule has 0 saturated carbocycles. The average Bonchev–Trinajstić information content (AvgIpc) is 3.06. The van der Waals surface area contributed by atoms with Crippen LogP contribution in [-0.4, -0.2) is 76.5 Å². The van der Waals surface area contributed by atoms with Crippen molar-refractivity contribution in [1.82, 2.24) is 19.6 Å². The summed E-state index contributed by atoms with van der Waals surface area (Å²) >= 11 is 0. The fourth-order valence-electron chi connectivity index (χ4n) is 3.66. The van der Waals surface area contributed by atoms with E-state index in [1.807, 2.05) is 13.8 Å². The molecule has 0 bridgehead atoms. The topological polar surface area (TPSA) is 92.6 Å². The number of aryl methyl sites for hydroxylation is 1. The van der Waals surface area contributed by atoms with Gasteiger partial charge >= 0.3 is 0 Å². The van der Waals surface area contributed by atoms with Crippen LogP contribution in [0, 0.1) is 5.92 Å². The Balaban J connectivity index is 1.85. The van der Waals surface area contributed by atoms with E-state index < -0.39 is 21.9 Å². The van der Waals surface area contributed by atoms with E-state index in [-0.39, 0.29) is 29.2 Å². The lowest BCUT2D eigenvalue weighted by atomic mass is 10.0. The van der Waals surface area contributed by atoms with Gasteiger partial charge in [-0.3, -0.25) is 14.3 Å². The van der Waals surface area contributed by atoms with Crippen LogP contribution in [0.3, 0.4) is 0 Å². The molecule has 0 N–H and O–H groups in total. The van der Waals surface area contributed by atoms with Crippen molar-refractivity contribution < 1.29 is 18.0 Å². The number of hydrogen-bond donors (Lipinski definition) is 0. The minimum Gasteiger partial charge on any atom is -0.335 e. The molecule has 2 fully saturated rings. The van der Waals surface area contributed by atoms with Crippen molar-refractivity contribution in [2.75, 3.05) is 24.6 Å². The summed E-state index contributed by atoms with van der Waals surface area (Å²) in [6.07, 6.45) is 2.07. The molecule has 0 aliphatic carbocycles. The van der Waals surface area contributed by atoms with Crippen LogP contribution in [0.25, 0.3) is 0 Å². The van der Waals surface area contributed by atoms with Crippen LogP contribution in [-0.2, 0) is 21.7 Å². The van der Waals surface area contributed by atoms with Crippen molar-refractivity contribution in [2.45, 2.75) is 32.4 Å². The fraction of sp³-hybridized carbons (Fsp3) is 0.688. The van der Waals surface area contributed by atoms with Gasteiger partial charge in [0.25, 0.3) is 5.91 Å². The third-order valence-corrected chi connectivity index (χ3v) is 6.47. The molecule has 2 aliphatic rings. The molecule has 138 valence electrons. The Bertz CT molecular complexity index is 786. The van der Waals surface area contributed by atoms with E-state index in [0.29, 0.717) is 25.2 Å². The second-order valence-electron chi connectivity index (χ2n) is 7.27. The van der Waals surface area contributed by atoms with Gasteiger partial charge in [0.15, 0.2) is 9.84 Å². The quantitative estimate of drug-likeness (QED) is 0.744. The molecule has 25 heavy (non-hydrogen) atoms. The zero-order chi connectivity index (χ0) is 18.4. The molecule has 0 unspecified atom stereocenters. The van der Waals surface area contributed by atoms with Gasteiger partial charge in [-0.15, -0.1) is 0 Å². The monoisotopic (exact) mass is 368 g/mol. The number of sulfone groups is 1. The molecule has 3 rings (SSSR count). The van der Waals surface area contributed by atoms with Crippen LogP contribution in [0.15, 0.2) is 12.3 Å². The molecular weight excluding hydrogens is 344 g/mol. The number of fused-ring (bicyclic) bond motifs is 1. The highest BCUT2D eigenvalue weighted by atomic mass is 32.2. The number of nitrogens with zero attached hydrogens (tertiary/aromatic N) is 4. The van der Waals surface area contributed by atoms with Crippen molar-refractivity contribution in [3.05, 3.63) is 18.0 Å². The van der Waals surface area contributed by atoms with E-state index in [9.17, 15) is 18.0 Å². The Hall–Kier alpha value is -1.90. The molecule has 2 saturated heterocycles. The van der Waals surface area contributed by atoms with Gasteiger partial charge in [-0.1, -0.05) is 13.8 Å². The largest absolute Gasteiger partial charge is 0.335 e. The first kappa shape index (κ1) is 17.9. The second-order valence-corrected chi connectivity index (χ2v) is 9.42. The van der Waals surface area contributed by atoms with E-state index in [4.69, 9.17) is 0 Å². The van der Waals surface area contributed by atoms with Crippen LogP contribution >= 0.6 is 0 Å². The van der Waals surface area contributed by atoms with E-state index in [2.05, 4.69) is 5.10 Å². The van der Waals surface area contributed by atoms with Gasteiger partial charge in [0.2, 0.25) is 5.91 Å². The van der Waals surface area contributed by atoms with E-state index >= 15 is 0 Å². The highest BCUT2D eigenvalue weighted by Gasteiger charge is 2.49. The number of carbonyl (C=O) groups is 2. The van der Waals surface area contributed by atoms with Crippen molar-refractivity contribution in [3.8, 4) is 0 Å². The molecule has 1 aromatic heterocycles. The Labute approximate surface area is 147 Å². The molecule has 0 radical (unpaired) electrons. The third kappa shape index (κ3) is 3.56. The smallest absolute Gasteiger partial charge is 0.274 e. The van der Waals surface area contributed by atoms with Gasteiger partial charge in [0.05, 0.1) is 23.6 Å². The molecule has 1 aromatic rings. The van der Waals surface area contributed by atoms with Crippen LogP contribution in [0.2, 0.25) is 0 Å². The summed E-state index contributed by atoms with van der Waals surface area (Å²) in [4.78, 5) is 28.5. The summed E-state index contributed by atoms with van der Waals surface area (Å²) in [7, 11) is -1.56. The summed E-state index contributed by atoms with van der Waals surface area (Å²) in [6, 6.07) is 0.666. The van der Waals surface area contributed by atoms with Gasteiger partial charge in [-0.25, -0.2) is 8.42 Å². The lowest BCUT2D eigenvalue weighted by Crippen LogP contribution is -2.62.